The Balaban J connectivity index is 2.24. The van der Waals surface area contributed by atoms with Crippen molar-refractivity contribution in [2.75, 3.05) is 10.1 Å². The van der Waals surface area contributed by atoms with Gasteiger partial charge < -0.3 is 0 Å². The van der Waals surface area contributed by atoms with E-state index in [2.05, 4.69) is 46.9 Å². The third-order valence-electron chi connectivity index (χ3n) is 2.58. The molecular formula is C11H12Br2N4O2S. The number of nitrogens with zero attached hydrogens (tertiary/aromatic N) is 3. The largest absolute Gasteiger partial charge is 0.281 e. The highest BCUT2D eigenvalue weighted by Crippen LogP contribution is 2.21. The van der Waals surface area contributed by atoms with Crippen molar-refractivity contribution in [3.8, 4) is 0 Å². The SMILES string of the molecule is Cn1nnc(Br)c1S(=O)(=O)Nc1ccc(CCBr)cc1. The summed E-state index contributed by atoms with van der Waals surface area (Å²) in [4.78, 5) is 0. The lowest BCUT2D eigenvalue weighted by Crippen LogP contribution is -2.17. The van der Waals surface area contributed by atoms with Crippen LogP contribution in [0.1, 0.15) is 5.56 Å². The van der Waals surface area contributed by atoms with Gasteiger partial charge in [0.1, 0.15) is 0 Å². The molecule has 2 rings (SSSR count). The van der Waals surface area contributed by atoms with Gasteiger partial charge in [-0.05, 0) is 40.0 Å². The minimum absolute atomic E-state index is 0.0120. The summed E-state index contributed by atoms with van der Waals surface area (Å²) in [6.45, 7) is 0. The first-order valence-electron chi connectivity index (χ1n) is 5.67. The fourth-order valence-electron chi connectivity index (χ4n) is 1.66. The molecule has 6 nitrogen and oxygen atoms in total. The molecule has 0 aliphatic heterocycles. The predicted molar refractivity (Wildman–Crippen MR) is 83.5 cm³/mol. The normalized spacial score (nSPS) is 11.6. The quantitative estimate of drug-likeness (QED) is 0.748. The van der Waals surface area contributed by atoms with Gasteiger partial charge in [-0.3, -0.25) is 4.72 Å². The molecule has 0 aliphatic rings. The number of aryl methyl sites for hydroxylation is 2. The molecule has 2 aromatic rings. The highest BCUT2D eigenvalue weighted by Gasteiger charge is 2.23. The highest BCUT2D eigenvalue weighted by molar-refractivity contribution is 9.10. The number of hydrogen-bond donors (Lipinski definition) is 1. The van der Waals surface area contributed by atoms with Gasteiger partial charge in [0.15, 0.2) is 4.60 Å². The summed E-state index contributed by atoms with van der Waals surface area (Å²) in [7, 11) is -2.21. The van der Waals surface area contributed by atoms with E-state index >= 15 is 0 Å². The Bertz CT molecular complexity index is 678. The van der Waals surface area contributed by atoms with E-state index in [0.717, 1.165) is 17.3 Å². The molecular weight excluding hydrogens is 412 g/mol. The lowest BCUT2D eigenvalue weighted by atomic mass is 10.2. The number of sulfonamides is 1. The van der Waals surface area contributed by atoms with Crippen molar-refractivity contribution in [3.63, 3.8) is 0 Å². The molecule has 108 valence electrons. The van der Waals surface area contributed by atoms with Crippen molar-refractivity contribution in [2.24, 2.45) is 7.05 Å². The minimum atomic E-state index is -3.72. The molecule has 1 N–H and O–H groups in total. The Morgan fingerprint density at radius 2 is 1.95 bits per heavy atom. The maximum atomic E-state index is 12.3. The fraction of sp³-hybridized carbons (Fsp3) is 0.273. The summed E-state index contributed by atoms with van der Waals surface area (Å²) in [5.41, 5.74) is 1.63. The van der Waals surface area contributed by atoms with E-state index < -0.39 is 10.0 Å². The van der Waals surface area contributed by atoms with Crippen LogP contribution in [0.3, 0.4) is 0 Å². The maximum Gasteiger partial charge on any atom is 0.281 e. The zero-order chi connectivity index (χ0) is 14.8. The van der Waals surface area contributed by atoms with Gasteiger partial charge in [-0.15, -0.1) is 5.10 Å². The summed E-state index contributed by atoms with van der Waals surface area (Å²) in [5, 5.41) is 8.18. The number of benzene rings is 1. The second kappa shape index (κ2) is 6.23. The van der Waals surface area contributed by atoms with Crippen molar-refractivity contribution < 1.29 is 8.42 Å². The Labute approximate surface area is 133 Å². The van der Waals surface area contributed by atoms with E-state index in [1.807, 2.05) is 12.1 Å². The molecule has 9 heteroatoms. The average molecular weight is 424 g/mol. The first-order chi connectivity index (χ1) is 9.44. The molecule has 0 amide bonds. The monoisotopic (exact) mass is 422 g/mol. The average Bonchev–Trinajstić information content (AvgIpc) is 2.72. The number of anilines is 1. The van der Waals surface area contributed by atoms with Crippen molar-refractivity contribution in [1.29, 1.82) is 0 Å². The molecule has 0 saturated carbocycles. The van der Waals surface area contributed by atoms with Crippen LogP contribution in [0.4, 0.5) is 5.69 Å². The van der Waals surface area contributed by atoms with Crippen LogP contribution in [0, 0.1) is 0 Å². The van der Waals surface area contributed by atoms with Crippen LogP contribution in [0.2, 0.25) is 0 Å². The van der Waals surface area contributed by atoms with Gasteiger partial charge in [0, 0.05) is 18.1 Å². The number of aromatic nitrogens is 3. The van der Waals surface area contributed by atoms with Crippen LogP contribution < -0.4 is 4.72 Å². The summed E-state index contributed by atoms with van der Waals surface area (Å²) in [6, 6.07) is 7.23. The predicted octanol–water partition coefficient (Wildman–Crippen LogP) is 2.32. The first-order valence-corrected chi connectivity index (χ1v) is 9.06. The van der Waals surface area contributed by atoms with Crippen LogP contribution in [-0.2, 0) is 23.5 Å². The molecule has 0 radical (unpaired) electrons. The van der Waals surface area contributed by atoms with Crippen LogP contribution >= 0.6 is 31.9 Å². The van der Waals surface area contributed by atoms with Crippen LogP contribution in [-0.4, -0.2) is 28.7 Å². The number of hydrogen-bond acceptors (Lipinski definition) is 4. The Kier molecular flexibility index (Phi) is 4.82. The molecule has 0 spiro atoms. The van der Waals surface area contributed by atoms with Crippen molar-refractivity contribution in [1.82, 2.24) is 15.0 Å². The van der Waals surface area contributed by atoms with Crippen LogP contribution in [0.25, 0.3) is 0 Å². The summed E-state index contributed by atoms with van der Waals surface area (Å²) >= 11 is 6.44. The third-order valence-corrected chi connectivity index (χ3v) is 5.25. The van der Waals surface area contributed by atoms with E-state index in [1.165, 1.54) is 11.7 Å². The third kappa shape index (κ3) is 3.39. The van der Waals surface area contributed by atoms with Gasteiger partial charge in [0.2, 0.25) is 5.03 Å². The van der Waals surface area contributed by atoms with E-state index in [9.17, 15) is 8.42 Å². The zero-order valence-electron chi connectivity index (χ0n) is 10.5. The standard InChI is InChI=1S/C11H12Br2N4O2S/c1-17-11(10(13)14-16-17)20(18,19)15-9-4-2-8(3-5-9)6-7-12/h2-5,15H,6-7H2,1H3. The second-order valence-electron chi connectivity index (χ2n) is 4.05. The van der Waals surface area contributed by atoms with Gasteiger partial charge in [-0.2, -0.15) is 8.42 Å². The molecule has 0 unspecified atom stereocenters. The molecule has 1 aromatic heterocycles. The van der Waals surface area contributed by atoms with Crippen molar-refractivity contribution in [2.45, 2.75) is 11.4 Å². The summed E-state index contributed by atoms with van der Waals surface area (Å²) in [6.07, 6.45) is 0.893. The summed E-state index contributed by atoms with van der Waals surface area (Å²) < 4.78 is 28.4. The number of halogens is 2. The molecule has 20 heavy (non-hydrogen) atoms. The van der Waals surface area contributed by atoms with Crippen LogP contribution in [0.5, 0.6) is 0 Å². The Morgan fingerprint density at radius 1 is 1.30 bits per heavy atom. The Hall–Kier alpha value is -0.930. The van der Waals surface area contributed by atoms with Gasteiger partial charge in [-0.1, -0.05) is 33.3 Å². The topological polar surface area (TPSA) is 76.9 Å². The van der Waals surface area contributed by atoms with Gasteiger partial charge in [-0.25, -0.2) is 4.68 Å². The molecule has 1 aromatic carbocycles. The van der Waals surface area contributed by atoms with Gasteiger partial charge >= 0.3 is 0 Å². The van der Waals surface area contributed by atoms with Crippen LogP contribution in [0.15, 0.2) is 33.9 Å². The lowest BCUT2D eigenvalue weighted by molar-refractivity contribution is 0.578. The molecule has 0 atom stereocenters. The maximum absolute atomic E-state index is 12.3. The Morgan fingerprint density at radius 3 is 2.45 bits per heavy atom. The second-order valence-corrected chi connectivity index (χ2v) is 7.19. The smallest absolute Gasteiger partial charge is 0.278 e. The van der Waals surface area contributed by atoms with Gasteiger partial charge in [0.25, 0.3) is 10.0 Å². The molecule has 0 saturated heterocycles. The minimum Gasteiger partial charge on any atom is -0.278 e. The van der Waals surface area contributed by atoms with E-state index in [1.54, 1.807) is 12.1 Å². The summed E-state index contributed by atoms with van der Waals surface area (Å²) in [5.74, 6) is 0. The molecule has 1 heterocycles. The van der Waals surface area contributed by atoms with E-state index in [4.69, 9.17) is 0 Å². The fourth-order valence-corrected chi connectivity index (χ4v) is 4.27. The van der Waals surface area contributed by atoms with Crippen molar-refractivity contribution >= 4 is 47.6 Å². The van der Waals surface area contributed by atoms with Crippen molar-refractivity contribution in [3.05, 3.63) is 34.4 Å². The first kappa shape index (κ1) is 15.5. The van der Waals surface area contributed by atoms with Gasteiger partial charge in [0.05, 0.1) is 0 Å². The molecule has 0 aliphatic carbocycles. The number of rotatable bonds is 5. The number of alkyl halides is 1. The zero-order valence-corrected chi connectivity index (χ0v) is 14.5. The van der Waals surface area contributed by atoms with E-state index in [-0.39, 0.29) is 9.63 Å². The number of nitrogens with one attached hydrogen (secondary N) is 1. The molecule has 0 fully saturated rings. The van der Waals surface area contributed by atoms with E-state index in [0.29, 0.717) is 5.69 Å². The lowest BCUT2D eigenvalue weighted by Gasteiger charge is -2.08. The molecule has 0 bridgehead atoms. The highest BCUT2D eigenvalue weighted by atomic mass is 79.9.